The standard InChI is InChI=1S/C16H15NO4/c1-21-16(20)10-6-8-11(9-7-10)17-14(18)12-4-2-3-5-13(12)15(17)19/h2-3,6-9,18-19H,4-5H2,1H3. The number of ether oxygens (including phenoxy) is 1. The van der Waals surface area contributed by atoms with Crippen LogP contribution in [0.4, 0.5) is 0 Å². The summed E-state index contributed by atoms with van der Waals surface area (Å²) < 4.78 is 6.03. The van der Waals surface area contributed by atoms with Gasteiger partial charge in [-0.25, -0.2) is 4.79 Å². The number of carbonyl (C=O) groups excluding carboxylic acids is 1. The third kappa shape index (κ3) is 2.07. The van der Waals surface area contributed by atoms with Gasteiger partial charge < -0.3 is 14.9 Å². The average molecular weight is 285 g/mol. The molecular formula is C16H15NO4. The van der Waals surface area contributed by atoms with E-state index in [0.717, 1.165) is 11.1 Å². The van der Waals surface area contributed by atoms with Gasteiger partial charge in [0.1, 0.15) is 0 Å². The molecule has 1 heterocycles. The summed E-state index contributed by atoms with van der Waals surface area (Å²) >= 11 is 0. The van der Waals surface area contributed by atoms with Crippen LogP contribution in [0.2, 0.25) is 0 Å². The van der Waals surface area contributed by atoms with E-state index in [9.17, 15) is 15.0 Å². The molecule has 0 fully saturated rings. The molecule has 0 saturated heterocycles. The molecule has 5 heteroatoms. The second-order valence-electron chi connectivity index (χ2n) is 4.86. The van der Waals surface area contributed by atoms with Crippen molar-refractivity contribution in [3.63, 3.8) is 0 Å². The van der Waals surface area contributed by atoms with Crippen LogP contribution in [0, 0.1) is 0 Å². The molecule has 0 bridgehead atoms. The number of allylic oxidation sites excluding steroid dienone is 2. The van der Waals surface area contributed by atoms with Crippen LogP contribution in [0.1, 0.15) is 21.5 Å². The van der Waals surface area contributed by atoms with Crippen LogP contribution >= 0.6 is 0 Å². The van der Waals surface area contributed by atoms with Crippen molar-refractivity contribution in [1.29, 1.82) is 0 Å². The second kappa shape index (κ2) is 5.01. The normalized spacial score (nSPS) is 13.0. The van der Waals surface area contributed by atoms with Crippen LogP contribution < -0.4 is 0 Å². The Morgan fingerprint density at radius 1 is 1.05 bits per heavy atom. The monoisotopic (exact) mass is 285 g/mol. The third-order valence-corrected chi connectivity index (χ3v) is 3.68. The number of rotatable bonds is 2. The molecule has 1 aliphatic carbocycles. The van der Waals surface area contributed by atoms with Gasteiger partial charge in [0.15, 0.2) is 0 Å². The molecule has 1 aliphatic rings. The Balaban J connectivity index is 2.05. The van der Waals surface area contributed by atoms with Gasteiger partial charge in [0.05, 0.1) is 18.4 Å². The van der Waals surface area contributed by atoms with Crippen LogP contribution in [0.3, 0.4) is 0 Å². The lowest BCUT2D eigenvalue weighted by Crippen LogP contribution is -2.01. The predicted molar refractivity (Wildman–Crippen MR) is 77.0 cm³/mol. The Morgan fingerprint density at radius 2 is 1.57 bits per heavy atom. The van der Waals surface area contributed by atoms with E-state index >= 15 is 0 Å². The summed E-state index contributed by atoms with van der Waals surface area (Å²) in [6, 6.07) is 6.50. The minimum Gasteiger partial charge on any atom is -0.494 e. The van der Waals surface area contributed by atoms with E-state index in [1.165, 1.54) is 11.7 Å². The van der Waals surface area contributed by atoms with Crippen molar-refractivity contribution < 1.29 is 19.7 Å². The number of aromatic hydroxyl groups is 2. The summed E-state index contributed by atoms with van der Waals surface area (Å²) in [6.45, 7) is 0. The van der Waals surface area contributed by atoms with E-state index in [0.29, 0.717) is 24.1 Å². The molecule has 0 aliphatic heterocycles. The Hall–Kier alpha value is -2.69. The van der Waals surface area contributed by atoms with E-state index < -0.39 is 5.97 Å². The van der Waals surface area contributed by atoms with Gasteiger partial charge in [-0.1, -0.05) is 12.2 Å². The fourth-order valence-corrected chi connectivity index (χ4v) is 2.58. The van der Waals surface area contributed by atoms with E-state index in [1.807, 2.05) is 12.2 Å². The molecule has 3 rings (SSSR count). The van der Waals surface area contributed by atoms with Crippen molar-refractivity contribution in [2.75, 3.05) is 7.11 Å². The Kier molecular flexibility index (Phi) is 3.17. The van der Waals surface area contributed by atoms with Crippen LogP contribution in [0.25, 0.3) is 5.69 Å². The summed E-state index contributed by atoms with van der Waals surface area (Å²) in [5, 5.41) is 20.6. The number of esters is 1. The lowest BCUT2D eigenvalue weighted by Gasteiger charge is -2.08. The van der Waals surface area contributed by atoms with Crippen molar-refractivity contribution in [3.05, 3.63) is 53.1 Å². The molecule has 0 spiro atoms. The van der Waals surface area contributed by atoms with Gasteiger partial charge in [0.25, 0.3) is 0 Å². The van der Waals surface area contributed by atoms with Gasteiger partial charge in [0, 0.05) is 11.1 Å². The minimum absolute atomic E-state index is 0.0395. The molecule has 1 aromatic carbocycles. The SMILES string of the molecule is COC(=O)c1ccc(-n2c(O)c3c(c2O)CC=CC3)cc1. The molecule has 0 unspecified atom stereocenters. The third-order valence-electron chi connectivity index (χ3n) is 3.68. The number of fused-ring (bicyclic) bond motifs is 1. The first-order chi connectivity index (χ1) is 10.1. The molecule has 0 radical (unpaired) electrons. The summed E-state index contributed by atoms with van der Waals surface area (Å²) in [5.74, 6) is -0.346. The molecule has 2 aromatic rings. The van der Waals surface area contributed by atoms with Gasteiger partial charge in [-0.15, -0.1) is 0 Å². The molecule has 0 amide bonds. The number of hydrogen-bond acceptors (Lipinski definition) is 4. The Labute approximate surface area is 121 Å². The number of methoxy groups -OCH3 is 1. The number of benzene rings is 1. The van der Waals surface area contributed by atoms with Gasteiger partial charge in [0.2, 0.25) is 11.8 Å². The van der Waals surface area contributed by atoms with Crippen molar-refractivity contribution in [2.45, 2.75) is 12.8 Å². The molecule has 1 aromatic heterocycles. The maximum atomic E-state index is 11.4. The highest BCUT2D eigenvalue weighted by molar-refractivity contribution is 5.89. The minimum atomic E-state index is -0.425. The summed E-state index contributed by atoms with van der Waals surface area (Å²) in [7, 11) is 1.32. The molecular weight excluding hydrogens is 270 g/mol. The van der Waals surface area contributed by atoms with Crippen molar-refractivity contribution >= 4 is 5.97 Å². The second-order valence-corrected chi connectivity index (χ2v) is 4.86. The number of carbonyl (C=O) groups is 1. The molecule has 0 atom stereocenters. The number of hydrogen-bond donors (Lipinski definition) is 2. The first-order valence-electron chi connectivity index (χ1n) is 6.61. The zero-order valence-corrected chi connectivity index (χ0v) is 11.5. The number of nitrogens with zero attached hydrogens (tertiary/aromatic N) is 1. The highest BCUT2D eigenvalue weighted by Gasteiger charge is 2.23. The zero-order valence-electron chi connectivity index (χ0n) is 11.5. The largest absolute Gasteiger partial charge is 0.494 e. The first-order valence-corrected chi connectivity index (χ1v) is 6.61. The maximum Gasteiger partial charge on any atom is 0.337 e. The first kappa shape index (κ1) is 13.3. The van der Waals surface area contributed by atoms with Crippen molar-refractivity contribution in [3.8, 4) is 17.4 Å². The maximum absolute atomic E-state index is 11.4. The molecule has 0 saturated carbocycles. The Bertz CT molecular complexity index is 694. The van der Waals surface area contributed by atoms with E-state index in [4.69, 9.17) is 0 Å². The van der Waals surface area contributed by atoms with Gasteiger partial charge >= 0.3 is 5.97 Å². The van der Waals surface area contributed by atoms with Crippen molar-refractivity contribution in [1.82, 2.24) is 4.57 Å². The van der Waals surface area contributed by atoms with Crippen LogP contribution in [0.5, 0.6) is 11.8 Å². The van der Waals surface area contributed by atoms with Gasteiger partial charge in [-0.05, 0) is 37.1 Å². The fourth-order valence-electron chi connectivity index (χ4n) is 2.58. The quantitative estimate of drug-likeness (QED) is 0.656. The van der Waals surface area contributed by atoms with Crippen LogP contribution in [-0.2, 0) is 17.6 Å². The average Bonchev–Trinajstić information content (AvgIpc) is 2.79. The predicted octanol–water partition coefficient (Wildman–Crippen LogP) is 2.33. The molecule has 2 N–H and O–H groups in total. The zero-order chi connectivity index (χ0) is 15.0. The molecule has 108 valence electrons. The highest BCUT2D eigenvalue weighted by Crippen LogP contribution is 2.39. The highest BCUT2D eigenvalue weighted by atomic mass is 16.5. The lowest BCUT2D eigenvalue weighted by atomic mass is 10.0. The summed E-state index contributed by atoms with van der Waals surface area (Å²) in [4.78, 5) is 11.4. The lowest BCUT2D eigenvalue weighted by molar-refractivity contribution is 0.0601. The van der Waals surface area contributed by atoms with E-state index in [-0.39, 0.29) is 11.8 Å². The molecule has 5 nitrogen and oxygen atoms in total. The Morgan fingerprint density at radius 3 is 2.05 bits per heavy atom. The topological polar surface area (TPSA) is 71.7 Å². The molecule has 21 heavy (non-hydrogen) atoms. The van der Waals surface area contributed by atoms with Crippen molar-refractivity contribution in [2.24, 2.45) is 0 Å². The number of aromatic nitrogens is 1. The smallest absolute Gasteiger partial charge is 0.337 e. The fraction of sp³-hybridized carbons (Fsp3) is 0.188. The van der Waals surface area contributed by atoms with Crippen LogP contribution in [-0.4, -0.2) is 27.9 Å². The van der Waals surface area contributed by atoms with Gasteiger partial charge in [-0.2, -0.15) is 0 Å². The van der Waals surface area contributed by atoms with E-state index in [1.54, 1.807) is 24.3 Å². The summed E-state index contributed by atoms with van der Waals surface area (Å²) in [6.07, 6.45) is 5.13. The van der Waals surface area contributed by atoms with Gasteiger partial charge in [-0.3, -0.25) is 4.57 Å². The summed E-state index contributed by atoms with van der Waals surface area (Å²) in [5.41, 5.74) is 2.49. The van der Waals surface area contributed by atoms with E-state index in [2.05, 4.69) is 4.74 Å². The van der Waals surface area contributed by atoms with Crippen LogP contribution in [0.15, 0.2) is 36.4 Å².